The molecule has 2 aliphatic rings. The van der Waals surface area contributed by atoms with Crippen LogP contribution >= 0.6 is 0 Å². The van der Waals surface area contributed by atoms with Crippen LogP contribution in [0.25, 0.3) is 0 Å². The second-order valence-corrected chi connectivity index (χ2v) is 10.5. The van der Waals surface area contributed by atoms with Crippen LogP contribution in [-0.2, 0) is 19.0 Å². The fourth-order valence-electron chi connectivity index (χ4n) is 4.12. The fraction of sp³-hybridized carbons (Fsp3) is 0.577. The molecule has 9 nitrogen and oxygen atoms in total. The highest BCUT2D eigenvalue weighted by Crippen LogP contribution is 2.40. The van der Waals surface area contributed by atoms with Crippen LogP contribution in [0.3, 0.4) is 0 Å². The Morgan fingerprint density at radius 3 is 2.37 bits per heavy atom. The first-order chi connectivity index (χ1) is 16.3. The Bertz CT molecular complexity index is 998. The quantitative estimate of drug-likeness (QED) is 0.291. The zero-order chi connectivity index (χ0) is 26.0. The molecule has 1 heterocycles. The van der Waals surface area contributed by atoms with E-state index in [0.29, 0.717) is 11.3 Å². The molecular formula is C26H38N4O5. The molecule has 1 aliphatic carbocycles. The summed E-state index contributed by atoms with van der Waals surface area (Å²) >= 11 is 0. The number of nitrogens with one attached hydrogen (secondary N) is 2. The Hall–Kier alpha value is -2.91. The van der Waals surface area contributed by atoms with Gasteiger partial charge in [0.05, 0.1) is 18.7 Å². The van der Waals surface area contributed by atoms with E-state index >= 15 is 0 Å². The topological polar surface area (TPSA) is 127 Å². The third-order valence-electron chi connectivity index (χ3n) is 7.23. The van der Waals surface area contributed by atoms with Crippen LogP contribution in [0.15, 0.2) is 41.6 Å². The van der Waals surface area contributed by atoms with Crippen LogP contribution in [0.5, 0.6) is 0 Å². The molecule has 2 amide bonds. The molecule has 1 aromatic rings. The minimum absolute atomic E-state index is 0.0550. The summed E-state index contributed by atoms with van der Waals surface area (Å²) in [7, 11) is 1.55. The van der Waals surface area contributed by atoms with Crippen molar-refractivity contribution in [2.45, 2.75) is 71.3 Å². The average Bonchev–Trinajstić information content (AvgIpc) is 3.04. The van der Waals surface area contributed by atoms with Gasteiger partial charge in [0, 0.05) is 23.8 Å². The van der Waals surface area contributed by atoms with Crippen LogP contribution in [0.4, 0.5) is 4.79 Å². The molecule has 1 aliphatic heterocycles. The lowest BCUT2D eigenvalue weighted by molar-refractivity contribution is -0.210. The maximum absolute atomic E-state index is 13.4. The second-order valence-electron chi connectivity index (χ2n) is 10.5. The van der Waals surface area contributed by atoms with Crippen molar-refractivity contribution in [2.24, 2.45) is 11.1 Å². The van der Waals surface area contributed by atoms with Crippen molar-refractivity contribution < 1.29 is 23.8 Å². The van der Waals surface area contributed by atoms with Crippen molar-refractivity contribution >= 4 is 17.8 Å². The monoisotopic (exact) mass is 486 g/mol. The molecule has 35 heavy (non-hydrogen) atoms. The maximum Gasteiger partial charge on any atom is 0.411 e. The summed E-state index contributed by atoms with van der Waals surface area (Å²) in [5.74, 6) is -1.11. The average molecular weight is 487 g/mol. The molecule has 0 aromatic heterocycles. The third kappa shape index (κ3) is 5.67. The number of hydrogen-bond donors (Lipinski definition) is 3. The van der Waals surface area contributed by atoms with Gasteiger partial charge < -0.3 is 25.3 Å². The number of methoxy groups -OCH3 is 1. The summed E-state index contributed by atoms with van der Waals surface area (Å²) < 4.78 is 17.1. The molecule has 1 aromatic carbocycles. The Balaban J connectivity index is 1.73. The summed E-state index contributed by atoms with van der Waals surface area (Å²) in [6.07, 6.45) is 1.33. The lowest BCUT2D eigenvalue weighted by Crippen LogP contribution is -2.47. The third-order valence-corrected chi connectivity index (χ3v) is 7.23. The molecule has 9 heteroatoms. The van der Waals surface area contributed by atoms with E-state index in [9.17, 15) is 9.59 Å². The standard InChI is InChI=1S/C26H38N4O5/c1-24(2)20(27)18(21(28)29-22(31)26(5)13-10-14-26)15-30(24)23(32)35-19(16-34-25(3,4)33-6)17-11-8-7-9-12-17/h7-9,11-12,19H,10,13-16,27H2,1-6H3,(H2,28,29,31). The van der Waals surface area contributed by atoms with E-state index in [-0.39, 0.29) is 24.9 Å². The van der Waals surface area contributed by atoms with Crippen molar-refractivity contribution in [3.63, 3.8) is 0 Å². The number of amides is 2. The highest BCUT2D eigenvalue weighted by atomic mass is 16.7. The van der Waals surface area contributed by atoms with Gasteiger partial charge in [0.2, 0.25) is 5.91 Å². The summed E-state index contributed by atoms with van der Waals surface area (Å²) in [5.41, 5.74) is 6.58. The second kappa shape index (κ2) is 9.99. The molecule has 192 valence electrons. The van der Waals surface area contributed by atoms with E-state index in [1.807, 2.05) is 37.3 Å². The molecule has 0 saturated heterocycles. The van der Waals surface area contributed by atoms with Crippen molar-refractivity contribution in [2.75, 3.05) is 20.3 Å². The Kier molecular flexibility index (Phi) is 7.62. The van der Waals surface area contributed by atoms with E-state index in [2.05, 4.69) is 5.32 Å². The summed E-state index contributed by atoms with van der Waals surface area (Å²) in [6.45, 7) is 9.19. The van der Waals surface area contributed by atoms with E-state index in [1.165, 1.54) is 4.90 Å². The van der Waals surface area contributed by atoms with Gasteiger partial charge in [-0.3, -0.25) is 15.1 Å². The number of ether oxygens (including phenoxy) is 3. The van der Waals surface area contributed by atoms with Gasteiger partial charge in [-0.15, -0.1) is 0 Å². The lowest BCUT2D eigenvalue weighted by Gasteiger charge is -2.36. The molecule has 1 saturated carbocycles. The Morgan fingerprint density at radius 1 is 1.20 bits per heavy atom. The van der Waals surface area contributed by atoms with Gasteiger partial charge in [0.15, 0.2) is 11.9 Å². The zero-order valence-electron chi connectivity index (χ0n) is 21.6. The highest BCUT2D eigenvalue weighted by Gasteiger charge is 2.45. The van der Waals surface area contributed by atoms with Crippen LogP contribution in [0, 0.1) is 10.8 Å². The number of amidine groups is 1. The molecule has 1 unspecified atom stereocenters. The van der Waals surface area contributed by atoms with Crippen molar-refractivity contribution in [1.29, 1.82) is 5.41 Å². The van der Waals surface area contributed by atoms with E-state index in [4.69, 9.17) is 25.4 Å². The molecule has 3 rings (SSSR count). The first-order valence-corrected chi connectivity index (χ1v) is 11.9. The summed E-state index contributed by atoms with van der Waals surface area (Å²) in [6, 6.07) is 9.33. The number of benzene rings is 1. The first-order valence-electron chi connectivity index (χ1n) is 11.9. The van der Waals surface area contributed by atoms with Gasteiger partial charge in [0.1, 0.15) is 5.84 Å². The predicted molar refractivity (Wildman–Crippen MR) is 133 cm³/mol. The molecule has 0 radical (unpaired) electrons. The lowest BCUT2D eigenvalue weighted by atomic mass is 9.70. The fourth-order valence-corrected chi connectivity index (χ4v) is 4.12. The van der Waals surface area contributed by atoms with Gasteiger partial charge in [-0.1, -0.05) is 43.7 Å². The minimum atomic E-state index is -0.905. The Morgan fingerprint density at radius 2 is 1.83 bits per heavy atom. The Labute approximate surface area is 207 Å². The normalized spacial score (nSPS) is 19.7. The van der Waals surface area contributed by atoms with Crippen LogP contribution in [-0.4, -0.2) is 54.3 Å². The first kappa shape index (κ1) is 26.7. The maximum atomic E-state index is 13.4. The molecule has 4 N–H and O–H groups in total. The number of nitrogens with zero attached hydrogens (tertiary/aromatic N) is 1. The molecular weight excluding hydrogens is 448 g/mol. The van der Waals surface area contributed by atoms with Crippen molar-refractivity contribution in [3.05, 3.63) is 47.2 Å². The number of carbonyl (C=O) groups excluding carboxylic acids is 2. The van der Waals surface area contributed by atoms with Gasteiger partial charge in [-0.2, -0.15) is 0 Å². The highest BCUT2D eigenvalue weighted by molar-refractivity contribution is 6.08. The van der Waals surface area contributed by atoms with E-state index in [0.717, 1.165) is 24.8 Å². The molecule has 0 bridgehead atoms. The van der Waals surface area contributed by atoms with Crippen LogP contribution in [0.1, 0.15) is 65.5 Å². The predicted octanol–water partition coefficient (Wildman–Crippen LogP) is 3.85. The zero-order valence-corrected chi connectivity index (χ0v) is 21.6. The van der Waals surface area contributed by atoms with E-state index in [1.54, 1.807) is 34.8 Å². The van der Waals surface area contributed by atoms with Crippen LogP contribution in [0.2, 0.25) is 0 Å². The number of hydrogen-bond acceptors (Lipinski definition) is 7. The molecule has 1 fully saturated rings. The summed E-state index contributed by atoms with van der Waals surface area (Å²) in [4.78, 5) is 27.5. The van der Waals surface area contributed by atoms with E-state index < -0.39 is 28.9 Å². The number of carbonyl (C=O) groups is 2. The van der Waals surface area contributed by atoms with Gasteiger partial charge >= 0.3 is 6.09 Å². The van der Waals surface area contributed by atoms with Crippen LogP contribution < -0.4 is 11.1 Å². The minimum Gasteiger partial charge on any atom is -0.439 e. The molecule has 1 atom stereocenters. The van der Waals surface area contributed by atoms with Gasteiger partial charge in [0.25, 0.3) is 0 Å². The molecule has 0 spiro atoms. The number of rotatable bonds is 8. The van der Waals surface area contributed by atoms with Gasteiger partial charge in [-0.25, -0.2) is 4.79 Å². The SMILES string of the molecule is COC(C)(C)OCC(OC(=O)N1CC(C(=N)NC(=O)C2(C)CCC2)=C(N)C1(C)C)c1ccccc1. The van der Waals surface area contributed by atoms with Gasteiger partial charge in [-0.05, 0) is 46.1 Å². The number of nitrogens with two attached hydrogens (primary N) is 1. The summed E-state index contributed by atoms with van der Waals surface area (Å²) in [5, 5.41) is 11.2. The smallest absolute Gasteiger partial charge is 0.411 e. The van der Waals surface area contributed by atoms with Crippen molar-refractivity contribution in [1.82, 2.24) is 10.2 Å². The van der Waals surface area contributed by atoms with Crippen molar-refractivity contribution in [3.8, 4) is 0 Å². The largest absolute Gasteiger partial charge is 0.439 e.